The molecular weight excluding hydrogens is 767 g/mol. The van der Waals surface area contributed by atoms with Gasteiger partial charge >= 0.3 is 0 Å². The number of imidazole rings is 1. The van der Waals surface area contributed by atoms with Gasteiger partial charge in [-0.3, -0.25) is 9.55 Å². The first-order valence-corrected chi connectivity index (χ1v) is 21.8. The Morgan fingerprint density at radius 1 is 0.571 bits per heavy atom. The number of pyridine rings is 1. The van der Waals surface area contributed by atoms with E-state index in [9.17, 15) is 6.48 Å². The highest BCUT2D eigenvalue weighted by Gasteiger charge is 2.25. The molecule has 6 aromatic carbocycles. The number of aromatic nitrogens is 3. The maximum Gasteiger partial charge on any atom is 0.149 e. The molecule has 2 heterocycles. The molecule has 2 aromatic heterocycles. The van der Waals surface area contributed by atoms with Crippen LogP contribution in [0.4, 0.5) is 0 Å². The number of benzene rings is 6. The predicted molar refractivity (Wildman–Crippen MR) is 267 cm³/mol. The molecule has 8 rings (SSSR count). The zero-order valence-electron chi connectivity index (χ0n) is 47.7. The molecule has 4 heteroatoms. The van der Waals surface area contributed by atoms with E-state index in [1.54, 1.807) is 24.4 Å². The topological polar surface area (TPSA) is 50.9 Å². The standard InChI is InChI=1S/C59H63N3O/c1-36(2)42-32-51(38(5)6)56(63)52(33-42)57-61-55-49(19-16-20-54(55)62(57)47-25-26-48(50(35-47)37(3)4)40-17-14-13-15-18-40)43-29-44(31-46(30-43)59(10,11)12)53-34-41(27-28-60-53)39-21-23-45(24-22-39)58(7,8)9/h13-38,63H,1-12H3/i7D3,8D3,9D3,37D. The fourth-order valence-corrected chi connectivity index (χ4v) is 8.40. The molecule has 0 unspecified atom stereocenters. The van der Waals surface area contributed by atoms with E-state index in [4.69, 9.17) is 22.3 Å². The minimum absolute atomic E-state index is 0.0282. The summed E-state index contributed by atoms with van der Waals surface area (Å²) in [6.07, 6.45) is 1.67. The fraction of sp³-hybridized carbons (Fsp3) is 0.288. The van der Waals surface area contributed by atoms with Crippen molar-refractivity contribution in [3.8, 4) is 67.5 Å². The first-order valence-electron chi connectivity index (χ1n) is 26.8. The summed E-state index contributed by atoms with van der Waals surface area (Å²) in [4.78, 5) is 10.4. The molecule has 0 amide bonds. The molecule has 0 atom stereocenters. The monoisotopic (exact) mass is 840 g/mol. The highest BCUT2D eigenvalue weighted by atomic mass is 16.3. The van der Waals surface area contributed by atoms with Gasteiger partial charge in [0.25, 0.3) is 0 Å². The van der Waals surface area contributed by atoms with Crippen LogP contribution in [0.1, 0.15) is 142 Å². The van der Waals surface area contributed by atoms with Gasteiger partial charge in [-0.1, -0.05) is 168 Å². The van der Waals surface area contributed by atoms with Gasteiger partial charge in [-0.25, -0.2) is 4.98 Å². The van der Waals surface area contributed by atoms with Crippen LogP contribution in [0.25, 0.3) is 72.7 Å². The molecule has 4 nitrogen and oxygen atoms in total. The van der Waals surface area contributed by atoms with Crippen molar-refractivity contribution in [2.24, 2.45) is 0 Å². The molecule has 0 saturated heterocycles. The van der Waals surface area contributed by atoms with Gasteiger partial charge in [-0.05, 0) is 133 Å². The van der Waals surface area contributed by atoms with Crippen molar-refractivity contribution in [1.29, 1.82) is 0 Å². The molecule has 0 radical (unpaired) electrons. The SMILES string of the molecule is [2H]C(C)(C)c1cc(-n2c(-c3cc(C(C)C)cc(C(C)C)c3O)nc3c(-c4cc(-c5cc(-c6ccc(C(C([2H])([2H])[2H])(C([2H])([2H])[2H])C([2H])([2H])[2H])cc6)ccn5)cc(C(C)(C)C)c4)cccc32)ccc1-c1ccccc1. The van der Waals surface area contributed by atoms with Crippen LogP contribution in [0.2, 0.25) is 0 Å². The zero-order chi connectivity index (χ0) is 53.4. The normalized spacial score (nSPS) is 15.4. The van der Waals surface area contributed by atoms with Crippen LogP contribution in [0, 0.1) is 0 Å². The summed E-state index contributed by atoms with van der Waals surface area (Å²) in [7, 11) is 0. The zero-order valence-corrected chi connectivity index (χ0v) is 37.7. The Kier molecular flexibility index (Phi) is 8.64. The van der Waals surface area contributed by atoms with Crippen molar-refractivity contribution in [3.05, 3.63) is 167 Å². The Bertz CT molecular complexity index is 3300. The van der Waals surface area contributed by atoms with Crippen molar-refractivity contribution >= 4 is 11.0 Å². The molecule has 0 spiro atoms. The molecule has 0 bridgehead atoms. The Morgan fingerprint density at radius 2 is 1.30 bits per heavy atom. The maximum atomic E-state index is 12.3. The van der Waals surface area contributed by atoms with Crippen molar-refractivity contribution in [3.63, 3.8) is 0 Å². The van der Waals surface area contributed by atoms with Crippen LogP contribution >= 0.6 is 0 Å². The van der Waals surface area contributed by atoms with Gasteiger partial charge in [-0.2, -0.15) is 0 Å². The smallest absolute Gasteiger partial charge is 0.149 e. The quantitative estimate of drug-likeness (QED) is 0.158. The number of aromatic hydroxyl groups is 1. The van der Waals surface area contributed by atoms with Crippen molar-refractivity contribution in [2.45, 2.75) is 111 Å². The van der Waals surface area contributed by atoms with E-state index in [-0.39, 0.29) is 28.6 Å². The van der Waals surface area contributed by atoms with Crippen molar-refractivity contribution in [2.75, 3.05) is 0 Å². The summed E-state index contributed by atoms with van der Waals surface area (Å²) in [6.45, 7) is 8.56. The second kappa shape index (κ2) is 16.8. The summed E-state index contributed by atoms with van der Waals surface area (Å²) in [5.41, 5.74) is 9.41. The van der Waals surface area contributed by atoms with Gasteiger partial charge < -0.3 is 5.11 Å². The largest absolute Gasteiger partial charge is 0.507 e. The molecule has 0 aliphatic carbocycles. The lowest BCUT2D eigenvalue weighted by Crippen LogP contribution is -2.11. The lowest BCUT2D eigenvalue weighted by Gasteiger charge is -2.22. The number of phenolic OH excluding ortho intramolecular Hbond substituents is 1. The van der Waals surface area contributed by atoms with Gasteiger partial charge in [0.15, 0.2) is 0 Å². The molecule has 8 aromatic rings. The number of hydrogen-bond donors (Lipinski definition) is 1. The third-order valence-electron chi connectivity index (χ3n) is 12.1. The minimum atomic E-state index is -3.37. The minimum Gasteiger partial charge on any atom is -0.507 e. The molecule has 63 heavy (non-hydrogen) atoms. The molecule has 0 aliphatic rings. The average Bonchev–Trinajstić information content (AvgIpc) is 3.69. The molecule has 0 fully saturated rings. The van der Waals surface area contributed by atoms with Crippen LogP contribution in [0.15, 0.2) is 140 Å². The Balaban J connectivity index is 1.34. The van der Waals surface area contributed by atoms with Gasteiger partial charge in [0.2, 0.25) is 0 Å². The predicted octanol–water partition coefficient (Wildman–Crippen LogP) is 16.4. The van der Waals surface area contributed by atoms with E-state index >= 15 is 0 Å². The molecule has 0 saturated carbocycles. The number of phenols is 1. The molecule has 320 valence electrons. The lowest BCUT2D eigenvalue weighted by molar-refractivity contribution is 0.466. The highest BCUT2D eigenvalue weighted by molar-refractivity contribution is 5.97. The van der Waals surface area contributed by atoms with Crippen LogP contribution in [-0.2, 0) is 10.8 Å². The van der Waals surface area contributed by atoms with Crippen LogP contribution in [-0.4, -0.2) is 19.6 Å². The Hall–Kier alpha value is -6.26. The van der Waals surface area contributed by atoms with E-state index in [0.717, 1.165) is 61.3 Å². The first kappa shape index (κ1) is 32.4. The number of hydrogen-bond acceptors (Lipinski definition) is 3. The summed E-state index contributed by atoms with van der Waals surface area (Å²) >= 11 is 0. The fourth-order valence-electron chi connectivity index (χ4n) is 8.40. The van der Waals surface area contributed by atoms with Crippen LogP contribution in [0.3, 0.4) is 0 Å². The summed E-state index contributed by atoms with van der Waals surface area (Å²) in [6, 6.07) is 42.3. The summed E-state index contributed by atoms with van der Waals surface area (Å²) < 4.78 is 85.3. The highest BCUT2D eigenvalue weighted by Crippen LogP contribution is 2.44. The van der Waals surface area contributed by atoms with Crippen molar-refractivity contribution in [1.82, 2.24) is 14.5 Å². The number of para-hydroxylation sites is 1. The van der Waals surface area contributed by atoms with Crippen molar-refractivity contribution < 1.29 is 18.8 Å². The van der Waals surface area contributed by atoms with Gasteiger partial charge in [0, 0.05) is 36.7 Å². The van der Waals surface area contributed by atoms with E-state index in [2.05, 4.69) is 114 Å². The number of nitrogens with zero attached hydrogens (tertiary/aromatic N) is 3. The van der Waals surface area contributed by atoms with E-state index < -0.39 is 31.9 Å². The first-order chi connectivity index (χ1) is 33.9. The second-order valence-electron chi connectivity index (χ2n) is 18.7. The van der Waals surface area contributed by atoms with Crippen LogP contribution < -0.4 is 0 Å². The van der Waals surface area contributed by atoms with E-state index in [1.807, 2.05) is 56.3 Å². The summed E-state index contributed by atoms with van der Waals surface area (Å²) in [5.74, 6) is -0.0488. The number of rotatable bonds is 9. The molecule has 0 aliphatic heterocycles. The Morgan fingerprint density at radius 3 is 1.97 bits per heavy atom. The third-order valence-corrected chi connectivity index (χ3v) is 12.1. The van der Waals surface area contributed by atoms with E-state index in [0.29, 0.717) is 33.7 Å². The van der Waals surface area contributed by atoms with Gasteiger partial charge in [0.1, 0.15) is 11.6 Å². The van der Waals surface area contributed by atoms with Crippen LogP contribution in [0.5, 0.6) is 5.75 Å². The van der Waals surface area contributed by atoms with Gasteiger partial charge in [0.05, 0.1) is 22.3 Å². The maximum absolute atomic E-state index is 12.3. The van der Waals surface area contributed by atoms with Gasteiger partial charge in [-0.15, -0.1) is 0 Å². The molecular formula is C59H63N3O. The van der Waals surface area contributed by atoms with E-state index in [1.165, 1.54) is 12.1 Å². The number of fused-ring (bicyclic) bond motifs is 1. The third kappa shape index (κ3) is 8.61. The Labute approximate surface area is 389 Å². The average molecular weight is 840 g/mol. The summed E-state index contributed by atoms with van der Waals surface area (Å²) in [5, 5.41) is 12.3. The lowest BCUT2D eigenvalue weighted by atomic mass is 9.83. The second-order valence-corrected chi connectivity index (χ2v) is 18.7. The molecule has 1 N–H and O–H groups in total.